The van der Waals surface area contributed by atoms with Gasteiger partial charge in [-0.05, 0) is 106 Å². The number of benzene rings is 2. The summed E-state index contributed by atoms with van der Waals surface area (Å²) in [4.78, 5) is 62.0. The van der Waals surface area contributed by atoms with Gasteiger partial charge in [0.15, 0.2) is 0 Å². The molecule has 1 spiro atoms. The summed E-state index contributed by atoms with van der Waals surface area (Å²) in [6, 6.07) is 13.3. The molecule has 4 N–H and O–H groups in total. The fourth-order valence-electron chi connectivity index (χ4n) is 8.63. The number of hydrogen-bond acceptors (Lipinski definition) is 10. The van der Waals surface area contributed by atoms with E-state index in [9.17, 15) is 14.4 Å². The Kier molecular flexibility index (Phi) is 23.5. The molecule has 4 heterocycles. The third-order valence-corrected chi connectivity index (χ3v) is 11.5. The molecule has 358 valence electrons. The highest BCUT2D eigenvalue weighted by atomic mass is 16.5. The zero-order chi connectivity index (χ0) is 47.8. The van der Waals surface area contributed by atoms with Gasteiger partial charge in [-0.25, -0.2) is 14.8 Å². The third kappa shape index (κ3) is 14.7. The number of amides is 3. The lowest BCUT2D eigenvalue weighted by atomic mass is 9.72. The van der Waals surface area contributed by atoms with Gasteiger partial charge in [-0.1, -0.05) is 77.4 Å². The van der Waals surface area contributed by atoms with Crippen LogP contribution in [0, 0.1) is 5.92 Å². The molecule has 0 radical (unpaired) electrons. The first-order chi connectivity index (χ1) is 31.5. The number of H-pyrrole nitrogens is 2. The lowest BCUT2D eigenvalue weighted by molar-refractivity contribution is -0.134. The molecular weight excluding hydrogens is 825 g/mol. The van der Waals surface area contributed by atoms with Gasteiger partial charge in [-0.3, -0.25) is 14.4 Å². The summed E-state index contributed by atoms with van der Waals surface area (Å²) in [6.45, 7) is 18.6. The summed E-state index contributed by atoms with van der Waals surface area (Å²) in [7, 11) is 4.50. The molecule has 0 bridgehead atoms. The lowest BCUT2D eigenvalue weighted by Gasteiger charge is -2.38. The van der Waals surface area contributed by atoms with Gasteiger partial charge in [-0.2, -0.15) is 0 Å². The number of alkyl carbamates (subject to hydrolysis) is 1. The van der Waals surface area contributed by atoms with Crippen LogP contribution < -0.4 is 10.6 Å². The molecule has 2 aromatic heterocycles. The number of aromatic amines is 2. The quantitative estimate of drug-likeness (QED) is 0.0946. The number of likely N-dealkylation sites (tertiary alicyclic amines) is 1. The number of ether oxygens (including phenoxy) is 3. The Balaban J connectivity index is 0.000000331. The fourth-order valence-corrected chi connectivity index (χ4v) is 8.63. The minimum atomic E-state index is -0.373. The molecule has 15 heteroatoms. The van der Waals surface area contributed by atoms with Gasteiger partial charge in [0.1, 0.15) is 5.82 Å². The lowest BCUT2D eigenvalue weighted by Crippen LogP contribution is -2.48. The average molecular weight is 901 g/mol. The second-order valence-corrected chi connectivity index (χ2v) is 16.5. The van der Waals surface area contributed by atoms with Gasteiger partial charge in [0.2, 0.25) is 12.3 Å². The fraction of sp³-hybridized carbons (Fsp3) is 0.560. The number of methoxy groups -OCH3 is 2. The summed E-state index contributed by atoms with van der Waals surface area (Å²) >= 11 is 0. The van der Waals surface area contributed by atoms with E-state index in [-0.39, 0.29) is 29.7 Å². The number of rotatable bonds is 13. The van der Waals surface area contributed by atoms with Crippen molar-refractivity contribution in [1.29, 1.82) is 0 Å². The zero-order valence-electron chi connectivity index (χ0n) is 40.6. The first-order valence-corrected chi connectivity index (χ1v) is 23.4. The van der Waals surface area contributed by atoms with Gasteiger partial charge < -0.3 is 44.6 Å². The third-order valence-electron chi connectivity index (χ3n) is 11.5. The Bertz CT molecular complexity index is 1990. The van der Waals surface area contributed by atoms with E-state index in [1.165, 1.54) is 48.5 Å². The van der Waals surface area contributed by atoms with E-state index in [1.54, 1.807) is 6.33 Å². The zero-order valence-corrected chi connectivity index (χ0v) is 40.6. The van der Waals surface area contributed by atoms with Gasteiger partial charge in [0, 0.05) is 38.3 Å². The van der Waals surface area contributed by atoms with Crippen LogP contribution in [0.2, 0.25) is 0 Å². The van der Waals surface area contributed by atoms with Crippen LogP contribution in [0.25, 0.3) is 33.6 Å². The highest BCUT2D eigenvalue weighted by molar-refractivity contribution is 5.82. The number of hydrogen-bond donors (Lipinski definition) is 4. The molecule has 3 amide bonds. The first-order valence-electron chi connectivity index (χ1n) is 23.4. The number of nitrogens with one attached hydrogen (secondary N) is 4. The number of imidazole rings is 2. The van der Waals surface area contributed by atoms with Crippen LogP contribution in [0.1, 0.15) is 123 Å². The summed E-state index contributed by atoms with van der Waals surface area (Å²) in [5.74, 6) is 1.46. The van der Waals surface area contributed by atoms with Crippen molar-refractivity contribution in [1.82, 2.24) is 40.4 Å². The summed E-state index contributed by atoms with van der Waals surface area (Å²) in [6.07, 6.45) is 15.7. The number of fused-ring (bicyclic) bond motifs is 2. The van der Waals surface area contributed by atoms with E-state index < -0.39 is 0 Å². The molecule has 2 saturated heterocycles. The maximum atomic E-state index is 12.0. The molecule has 3 atom stereocenters. The van der Waals surface area contributed by atoms with Crippen molar-refractivity contribution in [3.8, 4) is 33.6 Å². The molecule has 3 unspecified atom stereocenters. The number of nitrogens with zero attached hydrogens (tertiary/aromatic N) is 4. The highest BCUT2D eigenvalue weighted by Gasteiger charge is 2.43. The molecule has 3 aliphatic rings. The maximum Gasteiger partial charge on any atom is 0.406 e. The van der Waals surface area contributed by atoms with E-state index >= 15 is 0 Å². The van der Waals surface area contributed by atoms with Gasteiger partial charge in [0.25, 0.3) is 6.47 Å². The van der Waals surface area contributed by atoms with Gasteiger partial charge in [-0.15, -0.1) is 0 Å². The van der Waals surface area contributed by atoms with Crippen LogP contribution in [0.15, 0.2) is 55.1 Å². The Labute approximate surface area is 387 Å². The molecule has 65 heavy (non-hydrogen) atoms. The van der Waals surface area contributed by atoms with E-state index in [0.29, 0.717) is 18.9 Å². The SMILES string of the molecule is CCC.CCCN(CC)C(=O)C(NC)C(C)C.CCNC(=O)OC.COC=O.O=CN1CCCC1c1ncc(-c2ccc(-c3ccc(-c4cnc[nH]4)cc3)c3c2CCCC32CCCO2)[nH]1. The summed E-state index contributed by atoms with van der Waals surface area (Å²) in [5, 5.41) is 5.52. The van der Waals surface area contributed by atoms with Crippen LogP contribution in [0.4, 0.5) is 4.79 Å². The van der Waals surface area contributed by atoms with E-state index in [2.05, 4.69) is 106 Å². The molecule has 0 saturated carbocycles. The van der Waals surface area contributed by atoms with E-state index in [4.69, 9.17) is 14.5 Å². The van der Waals surface area contributed by atoms with Crippen molar-refractivity contribution in [3.05, 3.63) is 72.1 Å². The topological polar surface area (TPSA) is 184 Å². The van der Waals surface area contributed by atoms with Crippen LogP contribution in [0.3, 0.4) is 0 Å². The van der Waals surface area contributed by atoms with Crippen molar-refractivity contribution in [2.45, 2.75) is 124 Å². The van der Waals surface area contributed by atoms with Crippen molar-refractivity contribution in [3.63, 3.8) is 0 Å². The molecule has 2 aromatic carbocycles. The van der Waals surface area contributed by atoms with Crippen molar-refractivity contribution < 1.29 is 33.4 Å². The minimum Gasteiger partial charge on any atom is -0.471 e. The standard InChI is InChI=1S/C30H31N5O2.C11H24N2O.C4H9NO2.C3H8.C2H4O2/c36-19-35-14-2-5-27(35)29-32-17-26(34-29)23-11-10-22(20-6-8-21(9-7-20)25-16-31-18-33-25)28-24(23)4-1-12-30(28)13-3-15-37-30;1-6-8-13(7-2)11(14)10(12-5)9(3)4;1-3-5-4(6)7-2;1-3-2;1-4-2-3/h6-11,16-19,27H,1-5,12-15H2,(H,31,33)(H,32,34);9-10,12H,6-8H2,1-5H3;3H2,1-2H3,(H,5,6);3H2,1-2H3;2H,1H3. The molecule has 2 fully saturated rings. The Morgan fingerprint density at radius 2 is 1.65 bits per heavy atom. The van der Waals surface area contributed by atoms with Crippen molar-refractivity contribution >= 4 is 24.9 Å². The molecule has 4 aromatic rings. The molecule has 7 rings (SSSR count). The Morgan fingerprint density at radius 3 is 2.17 bits per heavy atom. The van der Waals surface area contributed by atoms with Gasteiger partial charge >= 0.3 is 6.09 Å². The second kappa shape index (κ2) is 28.4. The summed E-state index contributed by atoms with van der Waals surface area (Å²) < 4.78 is 14.7. The number of aromatic nitrogens is 4. The molecule has 15 nitrogen and oxygen atoms in total. The molecule has 2 aliphatic heterocycles. The van der Waals surface area contributed by atoms with Crippen molar-refractivity contribution in [2.24, 2.45) is 5.92 Å². The van der Waals surface area contributed by atoms with Crippen LogP contribution in [0.5, 0.6) is 0 Å². The number of carbonyl (C=O) groups excluding carboxylic acids is 4. The first kappa shape index (κ1) is 53.8. The monoisotopic (exact) mass is 901 g/mol. The van der Waals surface area contributed by atoms with Gasteiger partial charge in [0.05, 0.1) is 62.0 Å². The largest absolute Gasteiger partial charge is 0.471 e. The van der Waals surface area contributed by atoms with Crippen LogP contribution in [-0.4, -0.2) is 115 Å². The number of likely N-dealkylation sites (N-methyl/N-ethyl adjacent to an activating group) is 2. The Hall–Kier alpha value is -5.54. The van der Waals surface area contributed by atoms with Crippen LogP contribution >= 0.6 is 0 Å². The molecular formula is C50H76N8O7. The highest BCUT2D eigenvalue weighted by Crippen LogP contribution is 2.51. The predicted molar refractivity (Wildman–Crippen MR) is 257 cm³/mol. The van der Waals surface area contributed by atoms with E-state index in [0.717, 1.165) is 107 Å². The second-order valence-electron chi connectivity index (χ2n) is 16.5. The van der Waals surface area contributed by atoms with Crippen LogP contribution in [-0.2, 0) is 40.6 Å². The predicted octanol–water partition coefficient (Wildman–Crippen LogP) is 8.83. The normalized spacial score (nSPS) is 17.3. The molecule has 1 aliphatic carbocycles. The smallest absolute Gasteiger partial charge is 0.406 e. The maximum absolute atomic E-state index is 12.0. The minimum absolute atomic E-state index is 0.0403. The van der Waals surface area contributed by atoms with E-state index in [1.807, 2.05) is 43.1 Å². The average Bonchev–Trinajstić information content (AvgIpc) is 4.18. The summed E-state index contributed by atoms with van der Waals surface area (Å²) in [5.41, 5.74) is 9.36. The number of carbonyl (C=O) groups is 4. The van der Waals surface area contributed by atoms with Crippen molar-refractivity contribution in [2.75, 3.05) is 54.1 Å². The Morgan fingerprint density at radius 1 is 0.969 bits per heavy atom.